The van der Waals surface area contributed by atoms with E-state index in [4.69, 9.17) is 10.5 Å². The lowest BCUT2D eigenvalue weighted by Crippen LogP contribution is -2.39. The van der Waals surface area contributed by atoms with Gasteiger partial charge in [-0.05, 0) is 31.6 Å². The molecule has 0 aromatic carbocycles. The zero-order chi connectivity index (χ0) is 11.2. The van der Waals surface area contributed by atoms with Crippen LogP contribution in [-0.4, -0.2) is 43.8 Å². The minimum Gasteiger partial charge on any atom is -0.377 e. The Morgan fingerprint density at radius 2 is 1.75 bits per heavy atom. The van der Waals surface area contributed by atoms with Crippen LogP contribution in [0.4, 0.5) is 0 Å². The van der Waals surface area contributed by atoms with Crippen molar-refractivity contribution in [3.8, 4) is 0 Å². The van der Waals surface area contributed by atoms with Crippen LogP contribution in [-0.2, 0) is 4.74 Å². The molecule has 0 amide bonds. The van der Waals surface area contributed by atoms with Gasteiger partial charge >= 0.3 is 0 Å². The second-order valence-electron chi connectivity index (χ2n) is 5.31. The Kier molecular flexibility index (Phi) is 5.07. The predicted molar refractivity (Wildman–Crippen MR) is 66.4 cm³/mol. The fourth-order valence-electron chi connectivity index (χ4n) is 3.05. The molecule has 1 heterocycles. The molecule has 94 valence electrons. The fourth-order valence-corrected chi connectivity index (χ4v) is 3.05. The van der Waals surface area contributed by atoms with Gasteiger partial charge in [0, 0.05) is 26.2 Å². The van der Waals surface area contributed by atoms with E-state index in [0.29, 0.717) is 12.6 Å². The van der Waals surface area contributed by atoms with E-state index in [1.54, 1.807) is 0 Å². The van der Waals surface area contributed by atoms with Gasteiger partial charge in [-0.15, -0.1) is 0 Å². The largest absolute Gasteiger partial charge is 0.377 e. The van der Waals surface area contributed by atoms with Crippen molar-refractivity contribution in [1.82, 2.24) is 4.90 Å². The minimum absolute atomic E-state index is 0.475. The van der Waals surface area contributed by atoms with Gasteiger partial charge in [0.2, 0.25) is 0 Å². The first kappa shape index (κ1) is 12.3. The Bertz CT molecular complexity index is 184. The summed E-state index contributed by atoms with van der Waals surface area (Å²) in [4.78, 5) is 2.64. The number of hydrogen-bond donors (Lipinski definition) is 1. The highest BCUT2D eigenvalue weighted by molar-refractivity contribution is 4.77. The van der Waals surface area contributed by atoms with Gasteiger partial charge in [0.25, 0.3) is 0 Å². The van der Waals surface area contributed by atoms with Crippen molar-refractivity contribution in [3.63, 3.8) is 0 Å². The molecule has 0 unspecified atom stereocenters. The number of nitrogens with zero attached hydrogens (tertiary/aromatic N) is 1. The van der Waals surface area contributed by atoms with Gasteiger partial charge in [0.05, 0.1) is 12.7 Å². The molecule has 2 rings (SSSR count). The zero-order valence-electron chi connectivity index (χ0n) is 10.4. The Balaban J connectivity index is 1.60. The maximum Gasteiger partial charge on any atom is 0.0600 e. The molecule has 2 fully saturated rings. The van der Waals surface area contributed by atoms with Crippen LogP contribution in [0.5, 0.6) is 0 Å². The SMILES string of the molecule is NCCOC1CCN(CC2CCCC2)CC1. The fraction of sp³-hybridized carbons (Fsp3) is 1.00. The van der Waals surface area contributed by atoms with Gasteiger partial charge in [-0.3, -0.25) is 0 Å². The highest BCUT2D eigenvalue weighted by Gasteiger charge is 2.23. The van der Waals surface area contributed by atoms with E-state index in [2.05, 4.69) is 4.90 Å². The maximum absolute atomic E-state index is 5.70. The lowest BCUT2D eigenvalue weighted by Gasteiger charge is -2.33. The van der Waals surface area contributed by atoms with E-state index >= 15 is 0 Å². The zero-order valence-corrected chi connectivity index (χ0v) is 10.4. The van der Waals surface area contributed by atoms with Crippen LogP contribution in [0, 0.1) is 5.92 Å². The third kappa shape index (κ3) is 3.72. The van der Waals surface area contributed by atoms with Gasteiger partial charge in [-0.25, -0.2) is 0 Å². The summed E-state index contributed by atoms with van der Waals surface area (Å²) in [7, 11) is 0. The molecule has 0 atom stereocenters. The molecule has 2 aliphatic rings. The van der Waals surface area contributed by atoms with E-state index in [1.165, 1.54) is 58.2 Å². The average molecular weight is 226 g/mol. The highest BCUT2D eigenvalue weighted by Crippen LogP contribution is 2.26. The smallest absolute Gasteiger partial charge is 0.0600 e. The number of piperidine rings is 1. The summed E-state index contributed by atoms with van der Waals surface area (Å²) >= 11 is 0. The number of nitrogens with two attached hydrogens (primary N) is 1. The topological polar surface area (TPSA) is 38.5 Å². The number of rotatable bonds is 5. The van der Waals surface area contributed by atoms with Gasteiger partial charge in [-0.1, -0.05) is 12.8 Å². The third-order valence-corrected chi connectivity index (χ3v) is 4.00. The first-order chi connectivity index (χ1) is 7.88. The van der Waals surface area contributed by atoms with Crippen LogP contribution in [0.1, 0.15) is 38.5 Å². The second kappa shape index (κ2) is 6.58. The van der Waals surface area contributed by atoms with E-state index in [1.807, 2.05) is 0 Å². The quantitative estimate of drug-likeness (QED) is 0.774. The Morgan fingerprint density at radius 1 is 1.06 bits per heavy atom. The van der Waals surface area contributed by atoms with Crippen molar-refractivity contribution in [2.24, 2.45) is 11.7 Å². The first-order valence-electron chi connectivity index (χ1n) is 6.92. The summed E-state index contributed by atoms with van der Waals surface area (Å²) in [5.41, 5.74) is 5.45. The lowest BCUT2D eigenvalue weighted by atomic mass is 10.0. The van der Waals surface area contributed by atoms with Crippen LogP contribution in [0.25, 0.3) is 0 Å². The monoisotopic (exact) mass is 226 g/mol. The Morgan fingerprint density at radius 3 is 2.38 bits per heavy atom. The Labute approximate surface area is 99.3 Å². The second-order valence-corrected chi connectivity index (χ2v) is 5.31. The van der Waals surface area contributed by atoms with Gasteiger partial charge in [-0.2, -0.15) is 0 Å². The summed E-state index contributed by atoms with van der Waals surface area (Å²) in [5, 5.41) is 0. The van der Waals surface area contributed by atoms with Crippen LogP contribution in [0.3, 0.4) is 0 Å². The molecule has 0 aromatic heterocycles. The maximum atomic E-state index is 5.70. The van der Waals surface area contributed by atoms with Gasteiger partial charge in [0.1, 0.15) is 0 Å². The van der Waals surface area contributed by atoms with Crippen molar-refractivity contribution < 1.29 is 4.74 Å². The average Bonchev–Trinajstić information content (AvgIpc) is 2.81. The normalized spacial score (nSPS) is 25.3. The van der Waals surface area contributed by atoms with E-state index in [9.17, 15) is 0 Å². The van der Waals surface area contributed by atoms with E-state index in [-0.39, 0.29) is 0 Å². The highest BCUT2D eigenvalue weighted by atomic mass is 16.5. The molecule has 16 heavy (non-hydrogen) atoms. The molecule has 1 aliphatic heterocycles. The number of likely N-dealkylation sites (tertiary alicyclic amines) is 1. The molecule has 1 saturated heterocycles. The van der Waals surface area contributed by atoms with Crippen LogP contribution in [0.2, 0.25) is 0 Å². The summed E-state index contributed by atoms with van der Waals surface area (Å²) in [6.07, 6.45) is 8.72. The predicted octanol–water partition coefficient (Wildman–Crippen LogP) is 1.62. The van der Waals surface area contributed by atoms with Crippen LogP contribution >= 0.6 is 0 Å². The van der Waals surface area contributed by atoms with Crippen molar-refractivity contribution >= 4 is 0 Å². The van der Waals surface area contributed by atoms with E-state index < -0.39 is 0 Å². The third-order valence-electron chi connectivity index (χ3n) is 4.00. The molecular weight excluding hydrogens is 200 g/mol. The molecular formula is C13H26N2O. The molecule has 3 heteroatoms. The number of hydrogen-bond acceptors (Lipinski definition) is 3. The van der Waals surface area contributed by atoms with Crippen molar-refractivity contribution in [1.29, 1.82) is 0 Å². The van der Waals surface area contributed by atoms with Crippen LogP contribution in [0.15, 0.2) is 0 Å². The summed E-state index contributed by atoms with van der Waals surface area (Å²) in [6.45, 7) is 5.18. The van der Waals surface area contributed by atoms with Crippen molar-refractivity contribution in [3.05, 3.63) is 0 Å². The summed E-state index contributed by atoms with van der Waals surface area (Å²) in [6, 6.07) is 0. The molecule has 0 radical (unpaired) electrons. The summed E-state index contributed by atoms with van der Waals surface area (Å²) < 4.78 is 5.70. The Hall–Kier alpha value is -0.120. The first-order valence-corrected chi connectivity index (χ1v) is 6.92. The molecule has 2 N–H and O–H groups in total. The summed E-state index contributed by atoms with van der Waals surface area (Å²) in [5.74, 6) is 0.988. The van der Waals surface area contributed by atoms with E-state index in [0.717, 1.165) is 12.5 Å². The minimum atomic E-state index is 0.475. The lowest BCUT2D eigenvalue weighted by molar-refractivity contribution is 0.00858. The molecule has 0 aromatic rings. The van der Waals surface area contributed by atoms with Gasteiger partial charge < -0.3 is 15.4 Å². The standard InChI is InChI=1S/C13H26N2O/c14-7-10-16-13-5-8-15(9-6-13)11-12-3-1-2-4-12/h12-13H,1-11,14H2. The molecule has 3 nitrogen and oxygen atoms in total. The van der Waals surface area contributed by atoms with Crippen LogP contribution < -0.4 is 5.73 Å². The van der Waals surface area contributed by atoms with Crippen molar-refractivity contribution in [2.75, 3.05) is 32.8 Å². The van der Waals surface area contributed by atoms with Gasteiger partial charge in [0.15, 0.2) is 0 Å². The molecule has 1 aliphatic carbocycles. The number of ether oxygens (including phenoxy) is 1. The molecule has 0 spiro atoms. The van der Waals surface area contributed by atoms with Crippen molar-refractivity contribution in [2.45, 2.75) is 44.6 Å². The molecule has 1 saturated carbocycles. The molecule has 0 bridgehead atoms.